The maximum atomic E-state index is 11.2. The Balaban J connectivity index is 1.97. The molecule has 0 radical (unpaired) electrons. The van der Waals surface area contributed by atoms with Gasteiger partial charge in [0.15, 0.2) is 0 Å². The van der Waals surface area contributed by atoms with Gasteiger partial charge in [0.25, 0.3) is 0 Å². The molecule has 0 saturated heterocycles. The van der Waals surface area contributed by atoms with Gasteiger partial charge in [-0.1, -0.05) is 17.7 Å². The Morgan fingerprint density at radius 3 is 2.68 bits per heavy atom. The number of rotatable bonds is 3. The predicted octanol–water partition coefficient (Wildman–Crippen LogP) is 3.16. The first-order valence-corrected chi connectivity index (χ1v) is 7.14. The molecule has 5 heteroatoms. The molecule has 0 bridgehead atoms. The zero-order valence-corrected chi connectivity index (χ0v) is 12.5. The van der Waals surface area contributed by atoms with Crippen LogP contribution >= 0.6 is 11.6 Å². The Morgan fingerprint density at radius 2 is 1.91 bits per heavy atom. The highest BCUT2D eigenvalue weighted by atomic mass is 35.5. The lowest BCUT2D eigenvalue weighted by molar-refractivity contribution is 0.100. The number of pyridine rings is 1. The highest BCUT2D eigenvalue weighted by Gasteiger charge is 2.06. The van der Waals surface area contributed by atoms with Crippen LogP contribution in [0.15, 0.2) is 48.5 Å². The minimum atomic E-state index is -0.447. The molecule has 0 aliphatic rings. The third-order valence-corrected chi connectivity index (χ3v) is 3.84. The van der Waals surface area contributed by atoms with Crippen LogP contribution in [0.25, 0.3) is 10.9 Å². The lowest BCUT2D eigenvalue weighted by Gasteiger charge is -2.07. The summed E-state index contributed by atoms with van der Waals surface area (Å²) in [5.74, 6) is -0.447. The van der Waals surface area contributed by atoms with E-state index < -0.39 is 5.91 Å². The van der Waals surface area contributed by atoms with Gasteiger partial charge in [0.1, 0.15) is 0 Å². The molecule has 1 aromatic heterocycles. The summed E-state index contributed by atoms with van der Waals surface area (Å²) < 4.78 is 0. The van der Waals surface area contributed by atoms with Gasteiger partial charge in [-0.2, -0.15) is 0 Å². The van der Waals surface area contributed by atoms with E-state index in [0.717, 1.165) is 22.2 Å². The van der Waals surface area contributed by atoms with Crippen LogP contribution < -0.4 is 11.5 Å². The Kier molecular flexibility index (Phi) is 3.69. The number of amides is 1. The minimum absolute atomic E-state index is 0.447. The van der Waals surface area contributed by atoms with E-state index in [4.69, 9.17) is 23.1 Å². The van der Waals surface area contributed by atoms with Crippen LogP contribution in [0.1, 0.15) is 21.6 Å². The summed E-state index contributed by atoms with van der Waals surface area (Å²) in [4.78, 5) is 15.8. The smallest absolute Gasteiger partial charge is 0.248 e. The van der Waals surface area contributed by atoms with E-state index in [9.17, 15) is 4.79 Å². The van der Waals surface area contributed by atoms with Crippen LogP contribution in [0.3, 0.4) is 0 Å². The van der Waals surface area contributed by atoms with Crippen molar-refractivity contribution in [3.05, 3.63) is 70.4 Å². The second kappa shape index (κ2) is 5.66. The first kappa shape index (κ1) is 14.4. The van der Waals surface area contributed by atoms with Gasteiger partial charge < -0.3 is 11.5 Å². The van der Waals surface area contributed by atoms with Crippen molar-refractivity contribution in [3.8, 4) is 0 Å². The molecule has 22 heavy (non-hydrogen) atoms. The lowest BCUT2D eigenvalue weighted by atomic mass is 10.1. The van der Waals surface area contributed by atoms with E-state index in [1.165, 1.54) is 0 Å². The average molecular weight is 312 g/mol. The largest absolute Gasteiger partial charge is 0.399 e. The number of nitrogens with two attached hydrogens (primary N) is 2. The second-order valence-corrected chi connectivity index (χ2v) is 5.51. The summed E-state index contributed by atoms with van der Waals surface area (Å²) in [5, 5.41) is 1.54. The number of carbonyl (C=O) groups is 1. The number of aromatic nitrogens is 1. The number of carbonyl (C=O) groups excluding carboxylic acids is 1. The van der Waals surface area contributed by atoms with E-state index in [1.807, 2.05) is 18.2 Å². The van der Waals surface area contributed by atoms with Crippen molar-refractivity contribution >= 4 is 34.1 Å². The molecule has 3 rings (SSSR count). The van der Waals surface area contributed by atoms with Crippen LogP contribution in [0.2, 0.25) is 5.02 Å². The number of anilines is 1. The van der Waals surface area contributed by atoms with Crippen molar-refractivity contribution in [1.29, 1.82) is 0 Å². The number of nitrogen functional groups attached to an aromatic ring is 1. The van der Waals surface area contributed by atoms with E-state index in [-0.39, 0.29) is 0 Å². The van der Waals surface area contributed by atoms with Crippen molar-refractivity contribution < 1.29 is 4.79 Å². The summed E-state index contributed by atoms with van der Waals surface area (Å²) >= 11 is 6.19. The predicted molar refractivity (Wildman–Crippen MR) is 88.9 cm³/mol. The molecule has 4 N–H and O–H groups in total. The maximum absolute atomic E-state index is 11.2. The van der Waals surface area contributed by atoms with Gasteiger partial charge in [-0.15, -0.1) is 0 Å². The molecule has 3 aromatic rings. The van der Waals surface area contributed by atoms with Gasteiger partial charge >= 0.3 is 0 Å². The fourth-order valence-corrected chi connectivity index (χ4v) is 2.53. The monoisotopic (exact) mass is 311 g/mol. The molecule has 4 nitrogen and oxygen atoms in total. The summed E-state index contributed by atoms with van der Waals surface area (Å²) in [7, 11) is 0. The van der Waals surface area contributed by atoms with Gasteiger partial charge in [0.05, 0.1) is 5.52 Å². The zero-order chi connectivity index (χ0) is 15.7. The molecule has 0 aliphatic heterocycles. The maximum Gasteiger partial charge on any atom is 0.248 e. The Labute approximate surface area is 132 Å². The topological polar surface area (TPSA) is 82.0 Å². The standard InChI is InChI=1S/C17H14ClN3O/c18-15-5-3-13(19)8-12(15)9-14-4-1-10-7-11(17(20)22)2-6-16(10)21-14/h1-8H,9,19H2,(H2,20,22). The first-order chi connectivity index (χ1) is 10.5. The summed E-state index contributed by atoms with van der Waals surface area (Å²) in [6, 6.07) is 14.4. The second-order valence-electron chi connectivity index (χ2n) is 5.10. The number of halogens is 1. The molecular weight excluding hydrogens is 298 g/mol. The fraction of sp³-hybridized carbons (Fsp3) is 0.0588. The van der Waals surface area contributed by atoms with E-state index in [2.05, 4.69) is 4.98 Å². The molecule has 1 heterocycles. The molecular formula is C17H14ClN3O. The number of nitrogens with zero attached hydrogens (tertiary/aromatic N) is 1. The van der Waals surface area contributed by atoms with Crippen LogP contribution in [0, 0.1) is 0 Å². The zero-order valence-electron chi connectivity index (χ0n) is 11.7. The number of hydrogen-bond acceptors (Lipinski definition) is 3. The average Bonchev–Trinajstić information content (AvgIpc) is 2.50. The number of hydrogen-bond donors (Lipinski definition) is 2. The van der Waals surface area contributed by atoms with E-state index in [0.29, 0.717) is 22.7 Å². The molecule has 0 spiro atoms. The molecule has 0 unspecified atom stereocenters. The SMILES string of the molecule is NC(=O)c1ccc2nc(Cc3cc(N)ccc3Cl)ccc2c1. The van der Waals surface area contributed by atoms with Crippen LogP contribution in [0.4, 0.5) is 5.69 Å². The molecule has 0 aliphatic carbocycles. The summed E-state index contributed by atoms with van der Waals surface area (Å²) in [5.41, 5.74) is 14.8. The quantitative estimate of drug-likeness (QED) is 0.729. The number of primary amides is 1. The van der Waals surface area contributed by atoms with Gasteiger partial charge in [0, 0.05) is 33.8 Å². The van der Waals surface area contributed by atoms with Crippen molar-refractivity contribution in [3.63, 3.8) is 0 Å². The highest BCUT2D eigenvalue weighted by molar-refractivity contribution is 6.31. The van der Waals surface area contributed by atoms with Crippen molar-refractivity contribution in [2.24, 2.45) is 5.73 Å². The van der Waals surface area contributed by atoms with Crippen LogP contribution in [-0.4, -0.2) is 10.9 Å². The molecule has 0 saturated carbocycles. The van der Waals surface area contributed by atoms with Gasteiger partial charge in [0.2, 0.25) is 5.91 Å². The molecule has 0 atom stereocenters. The summed E-state index contributed by atoms with van der Waals surface area (Å²) in [6.45, 7) is 0. The van der Waals surface area contributed by atoms with Gasteiger partial charge in [-0.05, 0) is 48.0 Å². The first-order valence-electron chi connectivity index (χ1n) is 6.76. The molecule has 0 fully saturated rings. The van der Waals surface area contributed by atoms with Gasteiger partial charge in [-0.3, -0.25) is 9.78 Å². The van der Waals surface area contributed by atoms with Crippen molar-refractivity contribution in [2.45, 2.75) is 6.42 Å². The third-order valence-electron chi connectivity index (χ3n) is 3.47. The highest BCUT2D eigenvalue weighted by Crippen LogP contribution is 2.22. The van der Waals surface area contributed by atoms with E-state index >= 15 is 0 Å². The van der Waals surface area contributed by atoms with Crippen molar-refractivity contribution in [2.75, 3.05) is 5.73 Å². The number of benzene rings is 2. The fourth-order valence-electron chi connectivity index (χ4n) is 2.34. The summed E-state index contributed by atoms with van der Waals surface area (Å²) in [6.07, 6.45) is 0.595. The molecule has 1 amide bonds. The van der Waals surface area contributed by atoms with Crippen LogP contribution in [-0.2, 0) is 6.42 Å². The number of fused-ring (bicyclic) bond motifs is 1. The lowest BCUT2D eigenvalue weighted by Crippen LogP contribution is -2.10. The molecule has 110 valence electrons. The van der Waals surface area contributed by atoms with E-state index in [1.54, 1.807) is 30.3 Å². The Hall–Kier alpha value is -2.59. The minimum Gasteiger partial charge on any atom is -0.399 e. The molecule has 2 aromatic carbocycles. The normalized spacial score (nSPS) is 10.8. The van der Waals surface area contributed by atoms with Crippen LogP contribution in [0.5, 0.6) is 0 Å². The Morgan fingerprint density at radius 1 is 1.09 bits per heavy atom. The van der Waals surface area contributed by atoms with Gasteiger partial charge in [-0.25, -0.2) is 0 Å². The Bertz CT molecular complexity index is 877. The van der Waals surface area contributed by atoms with Crippen molar-refractivity contribution in [1.82, 2.24) is 4.98 Å². The third kappa shape index (κ3) is 2.87.